The van der Waals surface area contributed by atoms with Crippen LogP contribution in [-0.4, -0.2) is 17.4 Å². The fraction of sp³-hybridized carbons (Fsp3) is 0.222. The van der Waals surface area contributed by atoms with Crippen molar-refractivity contribution in [2.75, 3.05) is 11.9 Å². The molecule has 0 aromatic heterocycles. The number of aliphatic hydroxyl groups is 1. The van der Waals surface area contributed by atoms with Crippen LogP contribution in [0.2, 0.25) is 0 Å². The summed E-state index contributed by atoms with van der Waals surface area (Å²) in [4.78, 5) is 11.4. The molecule has 130 valence electrons. The van der Waals surface area contributed by atoms with Gasteiger partial charge in [-0.1, -0.05) is 12.1 Å². The first-order valence-corrected chi connectivity index (χ1v) is 7.36. The molecular formula is C18H15F3N2O2. The Bertz CT molecular complexity index is 826. The molecule has 0 aliphatic heterocycles. The van der Waals surface area contributed by atoms with Gasteiger partial charge in [0, 0.05) is 12.1 Å². The maximum atomic E-state index is 12.7. The Morgan fingerprint density at radius 1 is 1.28 bits per heavy atom. The lowest BCUT2D eigenvalue weighted by Crippen LogP contribution is -2.14. The van der Waals surface area contributed by atoms with E-state index in [0.29, 0.717) is 11.3 Å². The van der Waals surface area contributed by atoms with Crippen molar-refractivity contribution in [1.82, 2.24) is 0 Å². The minimum atomic E-state index is -4.49. The number of rotatable bonds is 5. The predicted molar refractivity (Wildman–Crippen MR) is 86.1 cm³/mol. The molecular weight excluding hydrogens is 333 g/mol. The van der Waals surface area contributed by atoms with Crippen LogP contribution in [0.3, 0.4) is 0 Å². The molecule has 1 atom stereocenters. The van der Waals surface area contributed by atoms with Crippen molar-refractivity contribution in [3.8, 4) is 6.07 Å². The van der Waals surface area contributed by atoms with E-state index in [9.17, 15) is 23.1 Å². The number of hydrogen-bond acceptors (Lipinski definition) is 4. The van der Waals surface area contributed by atoms with E-state index in [1.807, 2.05) is 6.07 Å². The van der Waals surface area contributed by atoms with E-state index in [2.05, 4.69) is 5.32 Å². The van der Waals surface area contributed by atoms with Crippen molar-refractivity contribution in [1.29, 1.82) is 5.26 Å². The number of benzene rings is 2. The van der Waals surface area contributed by atoms with Crippen LogP contribution >= 0.6 is 0 Å². The summed E-state index contributed by atoms with van der Waals surface area (Å²) in [6, 6.07) is 10.8. The highest BCUT2D eigenvalue weighted by atomic mass is 19.4. The van der Waals surface area contributed by atoms with Gasteiger partial charge in [-0.3, -0.25) is 4.79 Å². The summed E-state index contributed by atoms with van der Waals surface area (Å²) in [5, 5.41) is 22.0. The molecule has 0 fully saturated rings. The molecule has 0 saturated carbocycles. The highest BCUT2D eigenvalue weighted by Crippen LogP contribution is 2.31. The van der Waals surface area contributed by atoms with Gasteiger partial charge in [-0.25, -0.2) is 0 Å². The molecule has 25 heavy (non-hydrogen) atoms. The number of carbonyl (C=O) groups is 1. The summed E-state index contributed by atoms with van der Waals surface area (Å²) in [7, 11) is 0. The Kier molecular flexibility index (Phi) is 5.45. The number of carbonyl (C=O) groups excluding carboxylic acids is 1. The Labute approximate surface area is 142 Å². The van der Waals surface area contributed by atoms with Crippen molar-refractivity contribution in [2.24, 2.45) is 0 Å². The van der Waals surface area contributed by atoms with Gasteiger partial charge in [-0.15, -0.1) is 0 Å². The number of nitrogens with zero attached hydrogens (tertiary/aromatic N) is 1. The van der Waals surface area contributed by atoms with E-state index in [0.717, 1.165) is 12.1 Å². The van der Waals surface area contributed by atoms with Gasteiger partial charge in [0.25, 0.3) is 0 Å². The van der Waals surface area contributed by atoms with Gasteiger partial charge in [0.2, 0.25) is 0 Å². The number of nitrogens with one attached hydrogen (secondary N) is 1. The van der Waals surface area contributed by atoms with Crippen LogP contribution in [0.15, 0.2) is 42.5 Å². The van der Waals surface area contributed by atoms with Crippen molar-refractivity contribution in [3.63, 3.8) is 0 Å². The fourth-order valence-electron chi connectivity index (χ4n) is 2.25. The Hall–Kier alpha value is -2.85. The van der Waals surface area contributed by atoms with Crippen molar-refractivity contribution in [2.45, 2.75) is 19.2 Å². The van der Waals surface area contributed by atoms with E-state index in [-0.39, 0.29) is 23.5 Å². The van der Waals surface area contributed by atoms with E-state index in [4.69, 9.17) is 5.26 Å². The standard InChI is InChI=1S/C18H15F3N2O2/c1-11(24)12-5-6-14(9-22)16(8-12)23-10-17(25)13-3-2-4-15(7-13)18(19,20)21/h2-8,17,23,25H,10H2,1H3. The van der Waals surface area contributed by atoms with Crippen molar-refractivity contribution >= 4 is 11.5 Å². The summed E-state index contributed by atoms with van der Waals surface area (Å²) in [6.45, 7) is 1.26. The first kappa shape index (κ1) is 18.5. The van der Waals surface area contributed by atoms with E-state index >= 15 is 0 Å². The lowest BCUT2D eigenvalue weighted by Gasteiger charge is -2.16. The minimum absolute atomic E-state index is 0.101. The highest BCUT2D eigenvalue weighted by molar-refractivity contribution is 5.95. The summed E-state index contributed by atoms with van der Waals surface area (Å²) in [6.07, 6.45) is -5.71. The van der Waals surface area contributed by atoms with Crippen LogP contribution in [0, 0.1) is 11.3 Å². The van der Waals surface area contributed by atoms with Crippen molar-refractivity contribution in [3.05, 3.63) is 64.7 Å². The number of alkyl halides is 3. The van der Waals surface area contributed by atoms with E-state index in [1.165, 1.54) is 37.3 Å². The summed E-state index contributed by atoms with van der Waals surface area (Å²) < 4.78 is 38.2. The highest BCUT2D eigenvalue weighted by Gasteiger charge is 2.30. The second-order valence-corrected chi connectivity index (χ2v) is 5.45. The summed E-state index contributed by atoms with van der Waals surface area (Å²) in [5.74, 6) is -0.189. The number of anilines is 1. The SMILES string of the molecule is CC(=O)c1ccc(C#N)c(NCC(O)c2cccc(C(F)(F)F)c2)c1. The third-order valence-electron chi connectivity index (χ3n) is 3.63. The predicted octanol–water partition coefficient (Wildman–Crippen LogP) is 3.93. The lowest BCUT2D eigenvalue weighted by molar-refractivity contribution is -0.137. The molecule has 4 nitrogen and oxygen atoms in total. The van der Waals surface area contributed by atoms with E-state index < -0.39 is 17.8 Å². The molecule has 1 unspecified atom stereocenters. The Morgan fingerprint density at radius 3 is 2.60 bits per heavy atom. The number of Topliss-reactive ketones (excluding diaryl/α,β-unsaturated/α-hetero) is 1. The normalized spacial score (nSPS) is 12.3. The van der Waals surface area contributed by atoms with Gasteiger partial charge < -0.3 is 10.4 Å². The van der Waals surface area contributed by atoms with Gasteiger partial charge in [0.05, 0.1) is 22.9 Å². The minimum Gasteiger partial charge on any atom is -0.387 e. The Morgan fingerprint density at radius 2 is 2.00 bits per heavy atom. The molecule has 2 rings (SSSR count). The number of nitriles is 1. The molecule has 0 heterocycles. The maximum absolute atomic E-state index is 12.7. The molecule has 2 aromatic carbocycles. The second-order valence-electron chi connectivity index (χ2n) is 5.45. The van der Waals surface area contributed by atoms with Gasteiger partial charge in [-0.05, 0) is 42.8 Å². The van der Waals surface area contributed by atoms with Crippen molar-refractivity contribution < 1.29 is 23.1 Å². The van der Waals surface area contributed by atoms with Gasteiger partial charge in [0.1, 0.15) is 6.07 Å². The molecule has 0 aliphatic rings. The third kappa shape index (κ3) is 4.58. The van der Waals surface area contributed by atoms with Crippen LogP contribution < -0.4 is 5.32 Å². The van der Waals surface area contributed by atoms with Gasteiger partial charge >= 0.3 is 6.18 Å². The molecule has 7 heteroatoms. The summed E-state index contributed by atoms with van der Waals surface area (Å²) in [5.41, 5.74) is 0.237. The zero-order valence-electron chi connectivity index (χ0n) is 13.3. The van der Waals surface area contributed by atoms with Gasteiger partial charge in [0.15, 0.2) is 5.78 Å². The zero-order valence-corrected chi connectivity index (χ0v) is 13.3. The largest absolute Gasteiger partial charge is 0.416 e. The van der Waals surface area contributed by atoms with Crippen LogP contribution in [0.5, 0.6) is 0 Å². The smallest absolute Gasteiger partial charge is 0.387 e. The number of hydrogen-bond donors (Lipinski definition) is 2. The zero-order chi connectivity index (χ0) is 18.6. The molecule has 0 amide bonds. The molecule has 0 saturated heterocycles. The fourth-order valence-corrected chi connectivity index (χ4v) is 2.25. The summed E-state index contributed by atoms with van der Waals surface area (Å²) >= 11 is 0. The molecule has 2 N–H and O–H groups in total. The molecule has 0 spiro atoms. The third-order valence-corrected chi connectivity index (χ3v) is 3.63. The first-order chi connectivity index (χ1) is 11.7. The Balaban J connectivity index is 2.18. The first-order valence-electron chi connectivity index (χ1n) is 7.36. The molecule has 0 aliphatic carbocycles. The maximum Gasteiger partial charge on any atom is 0.416 e. The second kappa shape index (κ2) is 7.36. The lowest BCUT2D eigenvalue weighted by atomic mass is 10.0. The average Bonchev–Trinajstić information content (AvgIpc) is 2.58. The number of aliphatic hydroxyl groups excluding tert-OH is 1. The van der Waals surface area contributed by atoms with E-state index in [1.54, 1.807) is 0 Å². The van der Waals surface area contributed by atoms with Gasteiger partial charge in [-0.2, -0.15) is 18.4 Å². The monoisotopic (exact) mass is 348 g/mol. The van der Waals surface area contributed by atoms with Crippen LogP contribution in [0.4, 0.5) is 18.9 Å². The molecule has 2 aromatic rings. The number of halogens is 3. The number of ketones is 1. The van der Waals surface area contributed by atoms with Crippen LogP contribution in [-0.2, 0) is 6.18 Å². The van der Waals surface area contributed by atoms with Crippen LogP contribution in [0.1, 0.15) is 40.1 Å². The molecule has 0 radical (unpaired) electrons. The quantitative estimate of drug-likeness (QED) is 0.803. The average molecular weight is 348 g/mol. The molecule has 0 bridgehead atoms. The topological polar surface area (TPSA) is 73.1 Å². The van der Waals surface area contributed by atoms with Crippen LogP contribution in [0.25, 0.3) is 0 Å².